The summed E-state index contributed by atoms with van der Waals surface area (Å²) < 4.78 is 42.3. The molecular weight excluding hydrogens is 532 g/mol. The number of hydrogen-bond acceptors (Lipinski definition) is 3. The molecule has 0 aliphatic heterocycles. The van der Waals surface area contributed by atoms with Crippen molar-refractivity contribution in [3.05, 3.63) is 80.8 Å². The van der Waals surface area contributed by atoms with Gasteiger partial charge in [-0.05, 0) is 35.4 Å². The summed E-state index contributed by atoms with van der Waals surface area (Å²) in [5.41, 5.74) is 1.41. The van der Waals surface area contributed by atoms with Gasteiger partial charge < -0.3 is 20.5 Å². The molecule has 0 saturated heterocycles. The summed E-state index contributed by atoms with van der Waals surface area (Å²) >= 11 is 18.6. The monoisotopic (exact) mass is 546 g/mol. The van der Waals surface area contributed by atoms with Gasteiger partial charge in [0.15, 0.2) is 0 Å². The van der Waals surface area contributed by atoms with Gasteiger partial charge in [-0.25, -0.2) is 4.79 Å². The molecule has 0 aliphatic rings. The number of carboxylic acid groups (broad SMARTS) is 1. The SMILES string of the molecule is O=C(O)Cc1ccc(CNC(=O)Nc2cc(Cl)c(-c3ccccc3OC(F)(F)F)c(Cl)c2)cc1Cl. The lowest BCUT2D eigenvalue weighted by atomic mass is 10.0. The summed E-state index contributed by atoms with van der Waals surface area (Å²) in [5.74, 6) is -1.49. The first-order valence-corrected chi connectivity index (χ1v) is 10.9. The van der Waals surface area contributed by atoms with Gasteiger partial charge in [-0.2, -0.15) is 0 Å². The molecule has 35 heavy (non-hydrogen) atoms. The van der Waals surface area contributed by atoms with E-state index in [2.05, 4.69) is 15.4 Å². The zero-order valence-corrected chi connectivity index (χ0v) is 19.8. The van der Waals surface area contributed by atoms with Gasteiger partial charge in [-0.3, -0.25) is 4.79 Å². The highest BCUT2D eigenvalue weighted by molar-refractivity contribution is 6.40. The molecule has 0 atom stereocenters. The Bertz CT molecular complexity index is 1250. The Morgan fingerprint density at radius 2 is 1.60 bits per heavy atom. The summed E-state index contributed by atoms with van der Waals surface area (Å²) in [6.45, 7) is 0.0839. The van der Waals surface area contributed by atoms with Crippen LogP contribution < -0.4 is 15.4 Å². The van der Waals surface area contributed by atoms with Gasteiger partial charge in [0, 0.05) is 28.4 Å². The minimum atomic E-state index is -4.91. The van der Waals surface area contributed by atoms with Crippen molar-refractivity contribution in [3.8, 4) is 16.9 Å². The lowest BCUT2D eigenvalue weighted by Gasteiger charge is -2.16. The quantitative estimate of drug-likeness (QED) is 0.293. The Morgan fingerprint density at radius 3 is 2.20 bits per heavy atom. The molecular formula is C23H16Cl3F3N2O4. The van der Waals surface area contributed by atoms with Gasteiger partial charge in [0.25, 0.3) is 0 Å². The highest BCUT2D eigenvalue weighted by atomic mass is 35.5. The number of hydrogen-bond donors (Lipinski definition) is 3. The highest BCUT2D eigenvalue weighted by Crippen LogP contribution is 2.42. The van der Waals surface area contributed by atoms with Crippen LogP contribution in [0.3, 0.4) is 0 Å². The van der Waals surface area contributed by atoms with Crippen molar-refractivity contribution in [2.24, 2.45) is 0 Å². The number of urea groups is 1. The van der Waals surface area contributed by atoms with Gasteiger partial charge in [-0.1, -0.05) is 65.1 Å². The van der Waals surface area contributed by atoms with Crippen LogP contribution in [-0.2, 0) is 17.8 Å². The van der Waals surface area contributed by atoms with Crippen LogP contribution in [0, 0.1) is 0 Å². The normalized spacial score (nSPS) is 11.1. The fourth-order valence-electron chi connectivity index (χ4n) is 3.15. The molecule has 2 amide bonds. The molecule has 12 heteroatoms. The third-order valence-electron chi connectivity index (χ3n) is 4.59. The second-order valence-electron chi connectivity index (χ2n) is 7.16. The third kappa shape index (κ3) is 7.42. The number of halogens is 6. The molecule has 184 valence electrons. The number of amides is 2. The number of anilines is 1. The summed E-state index contributed by atoms with van der Waals surface area (Å²) in [4.78, 5) is 23.1. The van der Waals surface area contributed by atoms with Gasteiger partial charge in [0.2, 0.25) is 0 Å². The number of benzene rings is 3. The highest BCUT2D eigenvalue weighted by Gasteiger charge is 2.32. The van der Waals surface area contributed by atoms with Crippen LogP contribution in [-0.4, -0.2) is 23.5 Å². The van der Waals surface area contributed by atoms with E-state index in [4.69, 9.17) is 39.9 Å². The number of carbonyl (C=O) groups is 2. The van der Waals surface area contributed by atoms with Crippen molar-refractivity contribution in [1.29, 1.82) is 0 Å². The van der Waals surface area contributed by atoms with E-state index in [-0.39, 0.29) is 44.8 Å². The molecule has 0 heterocycles. The van der Waals surface area contributed by atoms with Gasteiger partial charge >= 0.3 is 18.4 Å². The molecule has 0 aliphatic carbocycles. The van der Waals surface area contributed by atoms with Crippen molar-refractivity contribution < 1.29 is 32.6 Å². The van der Waals surface area contributed by atoms with Gasteiger partial charge in [0.1, 0.15) is 5.75 Å². The lowest BCUT2D eigenvalue weighted by molar-refractivity contribution is -0.274. The fourth-order valence-corrected chi connectivity index (χ4v) is 4.11. The number of rotatable bonds is 7. The zero-order valence-electron chi connectivity index (χ0n) is 17.6. The topological polar surface area (TPSA) is 87.7 Å². The Kier molecular flexibility index (Phi) is 8.37. The molecule has 0 radical (unpaired) electrons. The Hall–Kier alpha value is -3.14. The average Bonchev–Trinajstić information content (AvgIpc) is 2.73. The van der Waals surface area contributed by atoms with Crippen molar-refractivity contribution in [1.82, 2.24) is 5.32 Å². The second kappa shape index (κ2) is 11.1. The van der Waals surface area contributed by atoms with Crippen molar-refractivity contribution in [3.63, 3.8) is 0 Å². The first kappa shape index (κ1) is 26.5. The van der Waals surface area contributed by atoms with Crippen LogP contribution >= 0.6 is 34.8 Å². The largest absolute Gasteiger partial charge is 0.573 e. The molecule has 3 aromatic rings. The predicted molar refractivity (Wildman–Crippen MR) is 127 cm³/mol. The van der Waals surface area contributed by atoms with Crippen molar-refractivity contribution in [2.75, 3.05) is 5.32 Å². The number of ether oxygens (including phenoxy) is 1. The van der Waals surface area contributed by atoms with Crippen LogP contribution in [0.5, 0.6) is 5.75 Å². The maximum atomic E-state index is 12.8. The molecule has 0 spiro atoms. The van der Waals surface area contributed by atoms with E-state index in [1.807, 2.05) is 0 Å². The first-order chi connectivity index (χ1) is 16.4. The molecule has 3 rings (SSSR count). The summed E-state index contributed by atoms with van der Waals surface area (Å²) in [7, 11) is 0. The van der Waals surface area contributed by atoms with E-state index in [0.29, 0.717) is 11.1 Å². The molecule has 0 saturated carbocycles. The zero-order chi connectivity index (χ0) is 25.8. The van der Waals surface area contributed by atoms with E-state index in [9.17, 15) is 22.8 Å². The van der Waals surface area contributed by atoms with Crippen LogP contribution in [0.25, 0.3) is 11.1 Å². The molecule has 3 aromatic carbocycles. The smallest absolute Gasteiger partial charge is 0.481 e. The molecule has 0 bridgehead atoms. The maximum Gasteiger partial charge on any atom is 0.573 e. The van der Waals surface area contributed by atoms with Crippen LogP contribution in [0.2, 0.25) is 15.1 Å². The van der Waals surface area contributed by atoms with Crippen LogP contribution in [0.4, 0.5) is 23.7 Å². The van der Waals surface area contributed by atoms with E-state index >= 15 is 0 Å². The number of carboxylic acids is 1. The molecule has 0 aromatic heterocycles. The Balaban J connectivity index is 1.71. The minimum absolute atomic E-state index is 0.00757. The van der Waals surface area contributed by atoms with Gasteiger partial charge in [-0.15, -0.1) is 13.2 Å². The second-order valence-corrected chi connectivity index (χ2v) is 8.38. The molecule has 0 fully saturated rings. The Labute approximate surface area is 212 Å². The molecule has 6 nitrogen and oxygen atoms in total. The average molecular weight is 548 g/mol. The van der Waals surface area contributed by atoms with Crippen LogP contribution in [0.1, 0.15) is 11.1 Å². The van der Waals surface area contributed by atoms with E-state index in [1.54, 1.807) is 18.2 Å². The molecule has 3 N–H and O–H groups in total. The van der Waals surface area contributed by atoms with E-state index < -0.39 is 24.1 Å². The van der Waals surface area contributed by atoms with Crippen LogP contribution in [0.15, 0.2) is 54.6 Å². The van der Waals surface area contributed by atoms with E-state index in [1.165, 1.54) is 30.3 Å². The first-order valence-electron chi connectivity index (χ1n) is 9.81. The van der Waals surface area contributed by atoms with Crippen molar-refractivity contribution in [2.45, 2.75) is 19.3 Å². The van der Waals surface area contributed by atoms with Crippen molar-refractivity contribution >= 4 is 52.5 Å². The third-order valence-corrected chi connectivity index (χ3v) is 5.54. The number of carbonyl (C=O) groups excluding carboxylic acids is 1. The predicted octanol–water partition coefficient (Wildman–Crippen LogP) is 7.16. The number of nitrogens with one attached hydrogen (secondary N) is 2. The number of aliphatic carboxylic acids is 1. The lowest BCUT2D eigenvalue weighted by Crippen LogP contribution is -2.28. The molecule has 0 unspecified atom stereocenters. The van der Waals surface area contributed by atoms with E-state index in [0.717, 1.165) is 6.07 Å². The number of para-hydroxylation sites is 1. The maximum absolute atomic E-state index is 12.8. The summed E-state index contributed by atoms with van der Waals surface area (Å²) in [6.07, 6.45) is -5.13. The standard InChI is InChI=1S/C23H16Cl3F3N2O4/c24-16-7-12(5-6-13(16)8-20(32)33)11-30-22(34)31-14-9-17(25)21(18(26)10-14)15-3-1-2-4-19(15)35-23(27,28)29/h1-7,9-10H,8,11H2,(H,32,33)(H2,30,31,34). The number of alkyl halides is 3. The summed E-state index contributed by atoms with van der Waals surface area (Å²) in [5, 5.41) is 14.2. The fraction of sp³-hybridized carbons (Fsp3) is 0.130. The minimum Gasteiger partial charge on any atom is -0.481 e. The Morgan fingerprint density at radius 1 is 0.943 bits per heavy atom. The van der Waals surface area contributed by atoms with Gasteiger partial charge in [0.05, 0.1) is 16.5 Å². The summed E-state index contributed by atoms with van der Waals surface area (Å²) in [6, 6.07) is 12.2.